The minimum atomic E-state index is -0.781. The number of ether oxygens (including phenoxy) is 1. The van der Waals surface area contributed by atoms with Gasteiger partial charge in [0, 0.05) is 11.8 Å². The molecule has 0 saturated carbocycles. The first-order valence-corrected chi connectivity index (χ1v) is 7.68. The van der Waals surface area contributed by atoms with E-state index in [1.807, 2.05) is 24.3 Å². The van der Waals surface area contributed by atoms with Crippen molar-refractivity contribution in [3.8, 4) is 5.75 Å². The number of benzene rings is 2. The predicted octanol–water partition coefficient (Wildman–Crippen LogP) is 4.12. The van der Waals surface area contributed by atoms with E-state index in [0.717, 1.165) is 0 Å². The molecule has 6 nitrogen and oxygen atoms in total. The van der Waals surface area contributed by atoms with Gasteiger partial charge in [-0.25, -0.2) is 0 Å². The van der Waals surface area contributed by atoms with Gasteiger partial charge >= 0.3 is 0 Å². The molecule has 6 heteroatoms. The van der Waals surface area contributed by atoms with Gasteiger partial charge in [0.1, 0.15) is 5.75 Å². The minimum Gasteiger partial charge on any atom is -0.481 e. The van der Waals surface area contributed by atoms with E-state index < -0.39 is 11.0 Å². The van der Waals surface area contributed by atoms with Gasteiger partial charge in [0.05, 0.1) is 11.0 Å². The smallest absolute Gasteiger partial charge is 0.273 e. The highest BCUT2D eigenvalue weighted by Gasteiger charge is 2.16. The molecule has 0 heterocycles. The molecule has 0 spiro atoms. The summed E-state index contributed by atoms with van der Waals surface area (Å²) < 4.78 is 5.48. The van der Waals surface area contributed by atoms with Gasteiger partial charge in [-0.3, -0.25) is 14.9 Å². The Morgan fingerprint density at radius 1 is 1.12 bits per heavy atom. The van der Waals surface area contributed by atoms with Crippen LogP contribution in [0.1, 0.15) is 32.3 Å². The number of nitrogens with zero attached hydrogens (tertiary/aromatic N) is 1. The Hall–Kier alpha value is -2.89. The van der Waals surface area contributed by atoms with E-state index in [9.17, 15) is 14.9 Å². The highest BCUT2D eigenvalue weighted by Crippen LogP contribution is 2.21. The SMILES string of the molecule is CC(C)c1ccc(NC(=O)[C@H](C)Oc2cccc([N+](=O)[O-])c2)cc1. The van der Waals surface area contributed by atoms with Gasteiger partial charge < -0.3 is 10.1 Å². The Morgan fingerprint density at radius 3 is 2.38 bits per heavy atom. The number of hydrogen-bond acceptors (Lipinski definition) is 4. The van der Waals surface area contributed by atoms with E-state index in [1.165, 1.54) is 23.8 Å². The maximum atomic E-state index is 12.2. The molecule has 2 rings (SSSR count). The largest absolute Gasteiger partial charge is 0.481 e. The molecule has 0 saturated heterocycles. The van der Waals surface area contributed by atoms with Crippen LogP contribution in [0, 0.1) is 10.1 Å². The Balaban J connectivity index is 1.99. The first-order valence-electron chi connectivity index (χ1n) is 7.68. The molecular weight excluding hydrogens is 308 g/mol. The second kappa shape index (κ2) is 7.59. The molecule has 0 aliphatic heterocycles. The number of non-ortho nitro benzene ring substituents is 1. The van der Waals surface area contributed by atoms with Crippen molar-refractivity contribution in [3.63, 3.8) is 0 Å². The summed E-state index contributed by atoms with van der Waals surface area (Å²) in [5.74, 6) is 0.381. The van der Waals surface area contributed by atoms with Crippen molar-refractivity contribution in [1.29, 1.82) is 0 Å². The van der Waals surface area contributed by atoms with Crippen molar-refractivity contribution in [3.05, 3.63) is 64.2 Å². The molecule has 0 radical (unpaired) electrons. The Kier molecular flexibility index (Phi) is 5.52. The van der Waals surface area contributed by atoms with Gasteiger partial charge in [-0.15, -0.1) is 0 Å². The molecule has 0 aliphatic carbocycles. The van der Waals surface area contributed by atoms with Gasteiger partial charge in [0.2, 0.25) is 0 Å². The fourth-order valence-corrected chi connectivity index (χ4v) is 2.12. The average Bonchev–Trinajstić information content (AvgIpc) is 2.55. The highest BCUT2D eigenvalue weighted by molar-refractivity contribution is 5.94. The molecule has 2 aromatic rings. The maximum Gasteiger partial charge on any atom is 0.273 e. The van der Waals surface area contributed by atoms with Crippen molar-refractivity contribution in [2.45, 2.75) is 32.8 Å². The fourth-order valence-electron chi connectivity index (χ4n) is 2.12. The summed E-state index contributed by atoms with van der Waals surface area (Å²) in [6, 6.07) is 13.4. The Morgan fingerprint density at radius 2 is 1.79 bits per heavy atom. The molecule has 1 atom stereocenters. The number of nitro groups is 1. The fraction of sp³-hybridized carbons (Fsp3) is 0.278. The quantitative estimate of drug-likeness (QED) is 0.638. The number of nitro benzene ring substituents is 1. The van der Waals surface area contributed by atoms with Crippen LogP contribution in [0.5, 0.6) is 5.75 Å². The van der Waals surface area contributed by atoms with Crippen LogP contribution in [0.4, 0.5) is 11.4 Å². The molecule has 0 aromatic heterocycles. The molecule has 24 heavy (non-hydrogen) atoms. The zero-order chi connectivity index (χ0) is 17.7. The zero-order valence-electron chi connectivity index (χ0n) is 13.9. The third-order valence-corrected chi connectivity index (χ3v) is 3.56. The number of anilines is 1. The lowest BCUT2D eigenvalue weighted by molar-refractivity contribution is -0.384. The van der Waals surface area contributed by atoms with Gasteiger partial charge in [0.15, 0.2) is 6.10 Å². The zero-order valence-corrected chi connectivity index (χ0v) is 13.9. The van der Waals surface area contributed by atoms with E-state index in [0.29, 0.717) is 11.6 Å². The van der Waals surface area contributed by atoms with E-state index >= 15 is 0 Å². The molecule has 0 bridgehead atoms. The van der Waals surface area contributed by atoms with Crippen molar-refractivity contribution < 1.29 is 14.5 Å². The normalized spacial score (nSPS) is 11.8. The lowest BCUT2D eigenvalue weighted by Gasteiger charge is -2.15. The molecule has 126 valence electrons. The molecule has 1 N–H and O–H groups in total. The van der Waals surface area contributed by atoms with Crippen molar-refractivity contribution >= 4 is 17.3 Å². The van der Waals surface area contributed by atoms with Crippen LogP contribution in [-0.2, 0) is 4.79 Å². The third kappa shape index (κ3) is 4.55. The first kappa shape index (κ1) is 17.5. The van der Waals surface area contributed by atoms with Crippen LogP contribution in [0.2, 0.25) is 0 Å². The summed E-state index contributed by atoms with van der Waals surface area (Å²) in [5, 5.41) is 13.5. The molecule has 0 fully saturated rings. The summed E-state index contributed by atoms with van der Waals surface area (Å²) in [6.07, 6.45) is -0.781. The van der Waals surface area contributed by atoms with Crippen molar-refractivity contribution in [2.75, 3.05) is 5.32 Å². The monoisotopic (exact) mass is 328 g/mol. The first-order chi connectivity index (χ1) is 11.4. The molecule has 0 aliphatic rings. The molecular formula is C18H20N2O4. The van der Waals surface area contributed by atoms with Gasteiger partial charge in [-0.1, -0.05) is 32.0 Å². The lowest BCUT2D eigenvalue weighted by Crippen LogP contribution is -2.30. The van der Waals surface area contributed by atoms with Crippen LogP contribution in [-0.4, -0.2) is 16.9 Å². The number of amides is 1. The van der Waals surface area contributed by atoms with Crippen LogP contribution in [0.15, 0.2) is 48.5 Å². The number of rotatable bonds is 6. The number of carbonyl (C=O) groups is 1. The van der Waals surface area contributed by atoms with E-state index in [4.69, 9.17) is 4.74 Å². The molecule has 0 unspecified atom stereocenters. The summed E-state index contributed by atoms with van der Waals surface area (Å²) in [4.78, 5) is 22.4. The van der Waals surface area contributed by atoms with Crippen LogP contribution < -0.4 is 10.1 Å². The predicted molar refractivity (Wildman–Crippen MR) is 92.3 cm³/mol. The summed E-state index contributed by atoms with van der Waals surface area (Å²) in [5.41, 5.74) is 1.79. The summed E-state index contributed by atoms with van der Waals surface area (Å²) in [6.45, 7) is 5.79. The van der Waals surface area contributed by atoms with Crippen LogP contribution in [0.3, 0.4) is 0 Å². The average molecular weight is 328 g/mol. The standard InChI is InChI=1S/C18H20N2O4/c1-12(2)14-7-9-15(10-8-14)19-18(21)13(3)24-17-6-4-5-16(11-17)20(22)23/h4-13H,1-3H3,(H,19,21)/t13-/m0/s1. The Labute approximate surface area is 140 Å². The van der Waals surface area contributed by atoms with E-state index in [2.05, 4.69) is 19.2 Å². The summed E-state index contributed by atoms with van der Waals surface area (Å²) in [7, 11) is 0. The van der Waals surface area contributed by atoms with Gasteiger partial charge in [-0.05, 0) is 36.6 Å². The second-order valence-electron chi connectivity index (χ2n) is 5.78. The van der Waals surface area contributed by atoms with Crippen molar-refractivity contribution in [2.24, 2.45) is 0 Å². The third-order valence-electron chi connectivity index (χ3n) is 3.56. The lowest BCUT2D eigenvalue weighted by atomic mass is 10.0. The van der Waals surface area contributed by atoms with Crippen LogP contribution in [0.25, 0.3) is 0 Å². The number of nitrogens with one attached hydrogen (secondary N) is 1. The second-order valence-corrected chi connectivity index (χ2v) is 5.78. The summed E-state index contributed by atoms with van der Waals surface area (Å²) >= 11 is 0. The van der Waals surface area contributed by atoms with Crippen molar-refractivity contribution in [1.82, 2.24) is 0 Å². The topological polar surface area (TPSA) is 81.5 Å². The van der Waals surface area contributed by atoms with Gasteiger partial charge in [0.25, 0.3) is 11.6 Å². The maximum absolute atomic E-state index is 12.2. The Bertz CT molecular complexity index is 726. The van der Waals surface area contributed by atoms with Gasteiger partial charge in [-0.2, -0.15) is 0 Å². The van der Waals surface area contributed by atoms with Crippen LogP contribution >= 0.6 is 0 Å². The minimum absolute atomic E-state index is 0.0793. The highest BCUT2D eigenvalue weighted by atomic mass is 16.6. The molecule has 2 aromatic carbocycles. The number of carbonyl (C=O) groups excluding carboxylic acids is 1. The number of hydrogen-bond donors (Lipinski definition) is 1. The van der Waals surface area contributed by atoms with E-state index in [1.54, 1.807) is 13.0 Å². The van der Waals surface area contributed by atoms with E-state index in [-0.39, 0.29) is 17.3 Å². The molecule has 1 amide bonds.